The molecule has 100 valence electrons. The Morgan fingerprint density at radius 1 is 1.33 bits per heavy atom. The predicted octanol–water partition coefficient (Wildman–Crippen LogP) is 2.99. The Morgan fingerprint density at radius 3 is 2.56 bits per heavy atom. The molecule has 0 aromatic heterocycles. The summed E-state index contributed by atoms with van der Waals surface area (Å²) in [4.78, 5) is 11.9. The van der Waals surface area contributed by atoms with E-state index in [1.54, 1.807) is 6.92 Å². The average molecular weight is 249 g/mol. The van der Waals surface area contributed by atoms with Crippen LogP contribution in [-0.4, -0.2) is 18.1 Å². The fourth-order valence-electron chi connectivity index (χ4n) is 1.64. The fraction of sp³-hybridized carbons (Fsp3) is 0.533. The SMILES string of the molecule is CCC(C)NC(=O)C(C)Oc1ccc(C)cc1C. The molecular formula is C15H23NO2. The van der Waals surface area contributed by atoms with Gasteiger partial charge >= 0.3 is 0 Å². The molecule has 0 saturated heterocycles. The van der Waals surface area contributed by atoms with Gasteiger partial charge in [-0.05, 0) is 45.7 Å². The lowest BCUT2D eigenvalue weighted by Gasteiger charge is -2.18. The molecule has 3 heteroatoms. The van der Waals surface area contributed by atoms with E-state index in [0.29, 0.717) is 0 Å². The lowest BCUT2D eigenvalue weighted by Crippen LogP contribution is -2.41. The van der Waals surface area contributed by atoms with Crippen LogP contribution < -0.4 is 10.1 Å². The smallest absolute Gasteiger partial charge is 0.260 e. The second-order valence-corrected chi connectivity index (χ2v) is 4.85. The van der Waals surface area contributed by atoms with E-state index in [9.17, 15) is 4.79 Å². The topological polar surface area (TPSA) is 38.3 Å². The Labute approximate surface area is 110 Å². The summed E-state index contributed by atoms with van der Waals surface area (Å²) in [6, 6.07) is 6.14. The van der Waals surface area contributed by atoms with Gasteiger partial charge in [0.05, 0.1) is 0 Å². The summed E-state index contributed by atoms with van der Waals surface area (Å²) in [7, 11) is 0. The molecule has 0 spiro atoms. The number of hydrogen-bond donors (Lipinski definition) is 1. The van der Waals surface area contributed by atoms with Gasteiger partial charge in [0.1, 0.15) is 5.75 Å². The normalized spacial score (nSPS) is 13.8. The summed E-state index contributed by atoms with van der Waals surface area (Å²) in [6.45, 7) is 9.83. The molecule has 18 heavy (non-hydrogen) atoms. The number of hydrogen-bond acceptors (Lipinski definition) is 2. The van der Waals surface area contributed by atoms with Crippen LogP contribution in [0, 0.1) is 13.8 Å². The van der Waals surface area contributed by atoms with Gasteiger partial charge < -0.3 is 10.1 Å². The molecule has 0 aliphatic rings. The largest absolute Gasteiger partial charge is 0.481 e. The second kappa shape index (κ2) is 6.43. The molecule has 0 aliphatic heterocycles. The van der Waals surface area contributed by atoms with Gasteiger partial charge in [-0.1, -0.05) is 24.6 Å². The summed E-state index contributed by atoms with van der Waals surface area (Å²) >= 11 is 0. The third kappa shape index (κ3) is 4.06. The van der Waals surface area contributed by atoms with Crippen LogP contribution in [0.2, 0.25) is 0 Å². The van der Waals surface area contributed by atoms with E-state index in [0.717, 1.165) is 17.7 Å². The van der Waals surface area contributed by atoms with Crippen molar-refractivity contribution < 1.29 is 9.53 Å². The molecule has 2 unspecified atom stereocenters. The number of rotatable bonds is 5. The monoisotopic (exact) mass is 249 g/mol. The van der Waals surface area contributed by atoms with Gasteiger partial charge in [-0.15, -0.1) is 0 Å². The average Bonchev–Trinajstić information content (AvgIpc) is 2.32. The maximum absolute atomic E-state index is 11.9. The molecule has 1 aromatic rings. The van der Waals surface area contributed by atoms with Crippen LogP contribution >= 0.6 is 0 Å². The molecule has 0 fully saturated rings. The number of ether oxygens (including phenoxy) is 1. The molecule has 1 N–H and O–H groups in total. The lowest BCUT2D eigenvalue weighted by molar-refractivity contribution is -0.127. The zero-order valence-corrected chi connectivity index (χ0v) is 11.9. The first-order valence-electron chi connectivity index (χ1n) is 6.48. The van der Waals surface area contributed by atoms with Crippen molar-refractivity contribution >= 4 is 5.91 Å². The molecule has 1 aromatic carbocycles. The van der Waals surface area contributed by atoms with Crippen molar-refractivity contribution in [3.63, 3.8) is 0 Å². The fourth-order valence-corrected chi connectivity index (χ4v) is 1.64. The first-order chi connectivity index (χ1) is 8.43. The number of benzene rings is 1. The quantitative estimate of drug-likeness (QED) is 0.871. The summed E-state index contributed by atoms with van der Waals surface area (Å²) in [5, 5.41) is 2.92. The van der Waals surface area contributed by atoms with E-state index in [4.69, 9.17) is 4.74 Å². The Bertz CT molecular complexity index is 415. The first-order valence-corrected chi connectivity index (χ1v) is 6.48. The summed E-state index contributed by atoms with van der Waals surface area (Å²) in [6.07, 6.45) is 0.447. The van der Waals surface area contributed by atoms with E-state index in [1.807, 2.05) is 39.8 Å². The highest BCUT2D eigenvalue weighted by Crippen LogP contribution is 2.20. The lowest BCUT2D eigenvalue weighted by atomic mass is 10.1. The molecule has 0 aliphatic carbocycles. The molecular weight excluding hydrogens is 226 g/mol. The maximum atomic E-state index is 11.9. The van der Waals surface area contributed by atoms with Gasteiger partial charge in [-0.25, -0.2) is 0 Å². The highest BCUT2D eigenvalue weighted by atomic mass is 16.5. The van der Waals surface area contributed by atoms with Crippen molar-refractivity contribution in [2.45, 2.75) is 53.2 Å². The van der Waals surface area contributed by atoms with Gasteiger partial charge in [0.2, 0.25) is 0 Å². The van der Waals surface area contributed by atoms with Gasteiger partial charge in [0, 0.05) is 6.04 Å². The number of carbonyl (C=O) groups is 1. The summed E-state index contributed by atoms with van der Waals surface area (Å²) in [5.74, 6) is 0.705. The predicted molar refractivity (Wildman–Crippen MR) is 73.9 cm³/mol. The third-order valence-corrected chi connectivity index (χ3v) is 3.00. The van der Waals surface area contributed by atoms with Gasteiger partial charge in [0.15, 0.2) is 6.10 Å². The Morgan fingerprint density at radius 2 is 2.00 bits per heavy atom. The molecule has 1 rings (SSSR count). The van der Waals surface area contributed by atoms with Crippen molar-refractivity contribution in [3.8, 4) is 5.75 Å². The van der Waals surface area contributed by atoms with E-state index in [2.05, 4.69) is 11.4 Å². The van der Waals surface area contributed by atoms with Crippen molar-refractivity contribution in [2.75, 3.05) is 0 Å². The number of aryl methyl sites for hydroxylation is 2. The van der Waals surface area contributed by atoms with Gasteiger partial charge in [-0.2, -0.15) is 0 Å². The van der Waals surface area contributed by atoms with Crippen LogP contribution in [0.5, 0.6) is 5.75 Å². The van der Waals surface area contributed by atoms with Crippen molar-refractivity contribution in [1.82, 2.24) is 5.32 Å². The number of carbonyl (C=O) groups excluding carboxylic acids is 1. The van der Waals surface area contributed by atoms with E-state index in [-0.39, 0.29) is 11.9 Å². The maximum Gasteiger partial charge on any atom is 0.260 e. The highest BCUT2D eigenvalue weighted by molar-refractivity contribution is 5.81. The van der Waals surface area contributed by atoms with Crippen LogP contribution in [0.15, 0.2) is 18.2 Å². The second-order valence-electron chi connectivity index (χ2n) is 4.85. The summed E-state index contributed by atoms with van der Waals surface area (Å²) < 4.78 is 5.70. The highest BCUT2D eigenvalue weighted by Gasteiger charge is 2.16. The Hall–Kier alpha value is -1.51. The van der Waals surface area contributed by atoms with Gasteiger partial charge in [-0.3, -0.25) is 4.79 Å². The minimum atomic E-state index is -0.472. The van der Waals surface area contributed by atoms with Crippen molar-refractivity contribution in [2.24, 2.45) is 0 Å². The summed E-state index contributed by atoms with van der Waals surface area (Å²) in [5.41, 5.74) is 2.25. The zero-order chi connectivity index (χ0) is 13.7. The van der Waals surface area contributed by atoms with Gasteiger partial charge in [0.25, 0.3) is 5.91 Å². The molecule has 0 heterocycles. The Balaban J connectivity index is 2.63. The minimum Gasteiger partial charge on any atom is -0.481 e. The molecule has 0 saturated carbocycles. The molecule has 1 amide bonds. The Kier molecular flexibility index (Phi) is 5.20. The molecule has 0 radical (unpaired) electrons. The molecule has 0 bridgehead atoms. The first kappa shape index (κ1) is 14.6. The number of nitrogens with one attached hydrogen (secondary N) is 1. The van der Waals surface area contributed by atoms with Crippen LogP contribution in [0.4, 0.5) is 0 Å². The molecule has 2 atom stereocenters. The van der Waals surface area contributed by atoms with Crippen LogP contribution in [0.1, 0.15) is 38.3 Å². The van der Waals surface area contributed by atoms with Crippen molar-refractivity contribution in [1.29, 1.82) is 0 Å². The molecule has 3 nitrogen and oxygen atoms in total. The zero-order valence-electron chi connectivity index (χ0n) is 11.9. The van der Waals surface area contributed by atoms with E-state index < -0.39 is 6.10 Å². The minimum absolute atomic E-state index is 0.0654. The van der Waals surface area contributed by atoms with Crippen LogP contribution in [-0.2, 0) is 4.79 Å². The van der Waals surface area contributed by atoms with Crippen LogP contribution in [0.3, 0.4) is 0 Å². The number of amides is 1. The van der Waals surface area contributed by atoms with Crippen LogP contribution in [0.25, 0.3) is 0 Å². The van der Waals surface area contributed by atoms with E-state index >= 15 is 0 Å². The third-order valence-electron chi connectivity index (χ3n) is 3.00. The van der Waals surface area contributed by atoms with E-state index in [1.165, 1.54) is 5.56 Å². The standard InChI is InChI=1S/C15H23NO2/c1-6-12(4)16-15(17)13(5)18-14-8-7-10(2)9-11(14)3/h7-9,12-13H,6H2,1-5H3,(H,16,17). The van der Waals surface area contributed by atoms with Crippen molar-refractivity contribution in [3.05, 3.63) is 29.3 Å².